The number of methoxy groups -OCH3 is 1. The molecule has 1 atom stereocenters. The third-order valence-corrected chi connectivity index (χ3v) is 7.98. The molecule has 3 rings (SSSR count). The third kappa shape index (κ3) is 6.94. The number of halogens is 2. The van der Waals surface area contributed by atoms with Crippen molar-refractivity contribution in [3.63, 3.8) is 0 Å². The van der Waals surface area contributed by atoms with Crippen molar-refractivity contribution in [2.45, 2.75) is 24.4 Å². The number of hydrogen-bond acceptors (Lipinski definition) is 5. The molecule has 0 radical (unpaired) electrons. The van der Waals surface area contributed by atoms with Crippen molar-refractivity contribution in [2.75, 3.05) is 25.0 Å². The summed E-state index contributed by atoms with van der Waals surface area (Å²) in [6.45, 7) is 1.09. The van der Waals surface area contributed by atoms with Crippen LogP contribution in [0.5, 0.6) is 5.75 Å². The molecule has 3 aromatic carbocycles. The van der Waals surface area contributed by atoms with Gasteiger partial charge in [-0.1, -0.05) is 41.4 Å². The van der Waals surface area contributed by atoms with Gasteiger partial charge in [-0.05, 0) is 67.1 Å². The summed E-state index contributed by atoms with van der Waals surface area (Å²) in [5.41, 5.74) is 0.938. The summed E-state index contributed by atoms with van der Waals surface area (Å²) in [4.78, 5) is 27.5. The molecular weight excluding hydrogens is 537 g/mol. The van der Waals surface area contributed by atoms with Crippen LogP contribution in [0, 0.1) is 0 Å². The standard InChI is InChI=1S/C26H27Cl2N3O5S/c1-18(26(33)29-2)30(16-19-7-11-23(36-3)12-8-19)25(32)17-31(22-6-4-5-21(28)15-22)37(34,35)24-13-9-20(27)10-14-24/h4-15,18H,16-17H2,1-3H3,(H,29,33). The molecule has 0 heterocycles. The second kappa shape index (κ2) is 12.3. The molecule has 2 amide bonds. The van der Waals surface area contributed by atoms with Gasteiger partial charge in [0.15, 0.2) is 0 Å². The van der Waals surface area contributed by atoms with Crippen molar-refractivity contribution in [1.29, 1.82) is 0 Å². The molecule has 11 heteroatoms. The quantitative estimate of drug-likeness (QED) is 0.395. The summed E-state index contributed by atoms with van der Waals surface area (Å²) in [5.74, 6) is -0.330. The normalized spacial score (nSPS) is 11.9. The van der Waals surface area contributed by atoms with Crippen molar-refractivity contribution in [3.05, 3.63) is 88.4 Å². The van der Waals surface area contributed by atoms with Gasteiger partial charge in [-0.25, -0.2) is 8.42 Å². The number of carbonyl (C=O) groups is 2. The van der Waals surface area contributed by atoms with Gasteiger partial charge in [0.1, 0.15) is 18.3 Å². The van der Waals surface area contributed by atoms with Crippen molar-refractivity contribution in [3.8, 4) is 5.75 Å². The second-order valence-electron chi connectivity index (χ2n) is 8.11. The highest BCUT2D eigenvalue weighted by Gasteiger charge is 2.32. The predicted octanol–water partition coefficient (Wildman–Crippen LogP) is 4.36. The average Bonchev–Trinajstić information content (AvgIpc) is 2.89. The fourth-order valence-electron chi connectivity index (χ4n) is 3.61. The van der Waals surface area contributed by atoms with E-state index in [0.717, 1.165) is 9.87 Å². The molecule has 0 bridgehead atoms. The first-order valence-corrected chi connectivity index (χ1v) is 13.4. The SMILES string of the molecule is CNC(=O)C(C)N(Cc1ccc(OC)cc1)C(=O)CN(c1cccc(Cl)c1)S(=O)(=O)c1ccc(Cl)cc1. The van der Waals surface area contributed by atoms with E-state index in [-0.39, 0.29) is 17.1 Å². The minimum absolute atomic E-state index is 0.0503. The number of sulfonamides is 1. The largest absolute Gasteiger partial charge is 0.497 e. The molecule has 196 valence electrons. The lowest BCUT2D eigenvalue weighted by atomic mass is 10.1. The predicted molar refractivity (Wildman–Crippen MR) is 145 cm³/mol. The number of amides is 2. The molecule has 0 fully saturated rings. The molecule has 1 unspecified atom stereocenters. The Labute approximate surface area is 226 Å². The van der Waals surface area contributed by atoms with Gasteiger partial charge in [0.25, 0.3) is 10.0 Å². The molecule has 0 saturated carbocycles. The van der Waals surface area contributed by atoms with Crippen LogP contribution in [0.3, 0.4) is 0 Å². The van der Waals surface area contributed by atoms with E-state index in [1.54, 1.807) is 56.5 Å². The molecule has 1 N–H and O–H groups in total. The van der Waals surface area contributed by atoms with Crippen LogP contribution in [0.25, 0.3) is 0 Å². The minimum Gasteiger partial charge on any atom is -0.497 e. The molecule has 37 heavy (non-hydrogen) atoms. The second-order valence-corrected chi connectivity index (χ2v) is 10.8. The highest BCUT2D eigenvalue weighted by molar-refractivity contribution is 7.92. The molecular formula is C26H27Cl2N3O5S. The van der Waals surface area contributed by atoms with Crippen molar-refractivity contribution >= 4 is 50.7 Å². The van der Waals surface area contributed by atoms with E-state index >= 15 is 0 Å². The van der Waals surface area contributed by atoms with Crippen molar-refractivity contribution in [2.24, 2.45) is 0 Å². The molecule has 0 aromatic heterocycles. The summed E-state index contributed by atoms with van der Waals surface area (Å²) in [6.07, 6.45) is 0. The molecule has 0 spiro atoms. The van der Waals surface area contributed by atoms with Crippen LogP contribution in [-0.4, -0.2) is 51.9 Å². The lowest BCUT2D eigenvalue weighted by Crippen LogP contribution is -2.50. The van der Waals surface area contributed by atoms with E-state index in [4.69, 9.17) is 27.9 Å². The van der Waals surface area contributed by atoms with Gasteiger partial charge < -0.3 is 15.0 Å². The average molecular weight is 564 g/mol. The molecule has 0 saturated heterocycles. The molecule has 0 aliphatic carbocycles. The Morgan fingerprint density at radius 3 is 2.19 bits per heavy atom. The van der Waals surface area contributed by atoms with E-state index in [1.807, 2.05) is 0 Å². The Balaban J connectivity index is 2.01. The molecule has 0 aliphatic heterocycles. The Kier molecular flexibility index (Phi) is 9.42. The minimum atomic E-state index is -4.20. The van der Waals surface area contributed by atoms with E-state index in [1.165, 1.54) is 42.3 Å². The van der Waals surface area contributed by atoms with E-state index in [0.29, 0.717) is 15.8 Å². The Morgan fingerprint density at radius 2 is 1.62 bits per heavy atom. The maximum Gasteiger partial charge on any atom is 0.264 e. The van der Waals surface area contributed by atoms with Gasteiger partial charge in [0.2, 0.25) is 11.8 Å². The first-order valence-electron chi connectivity index (χ1n) is 11.2. The topological polar surface area (TPSA) is 96.0 Å². The van der Waals surface area contributed by atoms with Crippen LogP contribution in [0.1, 0.15) is 12.5 Å². The first kappa shape index (κ1) is 28.3. The number of ether oxygens (including phenoxy) is 1. The highest BCUT2D eigenvalue weighted by Crippen LogP contribution is 2.27. The van der Waals surface area contributed by atoms with Gasteiger partial charge in [-0.15, -0.1) is 0 Å². The highest BCUT2D eigenvalue weighted by atomic mass is 35.5. The van der Waals surface area contributed by atoms with Crippen LogP contribution in [-0.2, 0) is 26.2 Å². The zero-order valence-electron chi connectivity index (χ0n) is 20.5. The van der Waals surface area contributed by atoms with E-state index in [9.17, 15) is 18.0 Å². The number of anilines is 1. The maximum absolute atomic E-state index is 13.7. The van der Waals surface area contributed by atoms with Gasteiger partial charge in [0.05, 0.1) is 17.7 Å². The third-order valence-electron chi connectivity index (χ3n) is 5.70. The summed E-state index contributed by atoms with van der Waals surface area (Å²) >= 11 is 12.1. The van der Waals surface area contributed by atoms with Crippen molar-refractivity contribution in [1.82, 2.24) is 10.2 Å². The van der Waals surface area contributed by atoms with Gasteiger partial charge >= 0.3 is 0 Å². The zero-order valence-corrected chi connectivity index (χ0v) is 22.8. The van der Waals surface area contributed by atoms with Crippen LogP contribution in [0.4, 0.5) is 5.69 Å². The fraction of sp³-hybridized carbons (Fsp3) is 0.231. The van der Waals surface area contributed by atoms with Crippen LogP contribution >= 0.6 is 23.2 Å². The van der Waals surface area contributed by atoms with Gasteiger partial charge in [-0.3, -0.25) is 13.9 Å². The van der Waals surface area contributed by atoms with Gasteiger partial charge in [0, 0.05) is 23.6 Å². The number of hydrogen-bond donors (Lipinski definition) is 1. The maximum atomic E-state index is 13.7. The molecule has 0 aliphatic rings. The summed E-state index contributed by atoms with van der Waals surface area (Å²) in [5, 5.41) is 3.21. The molecule has 8 nitrogen and oxygen atoms in total. The number of rotatable bonds is 10. The number of benzene rings is 3. The van der Waals surface area contributed by atoms with Crippen LogP contribution in [0.15, 0.2) is 77.7 Å². The lowest BCUT2D eigenvalue weighted by molar-refractivity contribution is -0.139. The van der Waals surface area contributed by atoms with Gasteiger partial charge in [-0.2, -0.15) is 0 Å². The summed E-state index contributed by atoms with van der Waals surface area (Å²) in [6, 6.07) is 18.0. The molecule has 3 aromatic rings. The van der Waals surface area contributed by atoms with Crippen molar-refractivity contribution < 1.29 is 22.7 Å². The Bertz CT molecular complexity index is 1350. The fourth-order valence-corrected chi connectivity index (χ4v) is 5.33. The Morgan fingerprint density at radius 1 is 0.973 bits per heavy atom. The van der Waals surface area contributed by atoms with Crippen LogP contribution < -0.4 is 14.4 Å². The number of nitrogens with zero attached hydrogens (tertiary/aromatic N) is 2. The van der Waals surface area contributed by atoms with E-state index in [2.05, 4.69) is 5.32 Å². The number of carbonyl (C=O) groups excluding carboxylic acids is 2. The Hall–Kier alpha value is -3.27. The van der Waals surface area contributed by atoms with Crippen LogP contribution in [0.2, 0.25) is 10.0 Å². The summed E-state index contributed by atoms with van der Waals surface area (Å²) in [7, 11) is -1.18. The monoisotopic (exact) mass is 563 g/mol. The zero-order chi connectivity index (χ0) is 27.2. The lowest BCUT2D eigenvalue weighted by Gasteiger charge is -2.31. The first-order chi connectivity index (χ1) is 17.6. The number of likely N-dealkylation sites (N-methyl/N-ethyl adjacent to an activating group) is 1. The summed E-state index contributed by atoms with van der Waals surface area (Å²) < 4.78 is 33.5. The van der Waals surface area contributed by atoms with E-state index < -0.39 is 34.4 Å². The smallest absolute Gasteiger partial charge is 0.264 e. The number of nitrogens with one attached hydrogen (secondary N) is 1.